The summed E-state index contributed by atoms with van der Waals surface area (Å²) in [4.78, 5) is 6.88. The van der Waals surface area contributed by atoms with Crippen molar-refractivity contribution >= 4 is 21.7 Å². The van der Waals surface area contributed by atoms with Crippen molar-refractivity contribution in [3.8, 4) is 0 Å². The Morgan fingerprint density at radius 3 is 2.95 bits per heavy atom. The van der Waals surface area contributed by atoms with Crippen LogP contribution in [0, 0.1) is 6.92 Å². The Kier molecular flexibility index (Phi) is 3.31. The van der Waals surface area contributed by atoms with E-state index in [9.17, 15) is 0 Å². The summed E-state index contributed by atoms with van der Waals surface area (Å²) in [6.45, 7) is 4.04. The lowest BCUT2D eigenvalue weighted by Crippen LogP contribution is -2.23. The van der Waals surface area contributed by atoms with Gasteiger partial charge < -0.3 is 4.90 Å². The zero-order valence-corrected chi connectivity index (χ0v) is 12.8. The standard InChI is InChI=1S/C14H17BrN4/c1-10-6-14(16-8-12(10)15)19-5-3-4-13-11(9-19)7-17-18(13)2/h6-8H,3-5,9H2,1-2H3. The second kappa shape index (κ2) is 4.96. The molecule has 3 heterocycles. The second-order valence-electron chi connectivity index (χ2n) is 5.06. The van der Waals surface area contributed by atoms with E-state index in [1.165, 1.54) is 16.8 Å². The normalized spacial score (nSPS) is 15.2. The van der Waals surface area contributed by atoms with Crippen molar-refractivity contribution in [3.05, 3.63) is 39.8 Å². The molecular weight excluding hydrogens is 304 g/mol. The molecule has 2 aromatic rings. The SMILES string of the molecule is Cc1cc(N2CCCc3c(cnn3C)C2)ncc1Br. The van der Waals surface area contributed by atoms with Gasteiger partial charge in [-0.1, -0.05) is 0 Å². The molecule has 0 unspecified atom stereocenters. The Bertz CT molecular complexity index is 605. The minimum absolute atomic E-state index is 0.900. The number of halogens is 1. The number of fused-ring (bicyclic) bond motifs is 1. The molecule has 0 saturated heterocycles. The van der Waals surface area contributed by atoms with E-state index in [2.05, 4.69) is 43.9 Å². The fourth-order valence-corrected chi connectivity index (χ4v) is 2.79. The topological polar surface area (TPSA) is 34.0 Å². The van der Waals surface area contributed by atoms with Gasteiger partial charge >= 0.3 is 0 Å². The Morgan fingerprint density at radius 1 is 1.32 bits per heavy atom. The van der Waals surface area contributed by atoms with Crippen LogP contribution in [0.15, 0.2) is 22.9 Å². The van der Waals surface area contributed by atoms with Crippen molar-refractivity contribution in [1.82, 2.24) is 14.8 Å². The fraction of sp³-hybridized carbons (Fsp3) is 0.429. The molecule has 100 valence electrons. The molecule has 3 rings (SSSR count). The van der Waals surface area contributed by atoms with Gasteiger partial charge in [-0.15, -0.1) is 0 Å². The number of pyridine rings is 1. The molecule has 0 spiro atoms. The summed E-state index contributed by atoms with van der Waals surface area (Å²) < 4.78 is 3.06. The number of hydrogen-bond acceptors (Lipinski definition) is 3. The van der Waals surface area contributed by atoms with Crippen LogP contribution in [0.5, 0.6) is 0 Å². The molecule has 0 saturated carbocycles. The zero-order chi connectivity index (χ0) is 13.4. The highest BCUT2D eigenvalue weighted by Crippen LogP contribution is 2.25. The average Bonchev–Trinajstić information content (AvgIpc) is 2.63. The van der Waals surface area contributed by atoms with Crippen molar-refractivity contribution in [2.45, 2.75) is 26.3 Å². The van der Waals surface area contributed by atoms with E-state index in [-0.39, 0.29) is 0 Å². The first-order valence-electron chi connectivity index (χ1n) is 6.52. The Hall–Kier alpha value is -1.36. The van der Waals surface area contributed by atoms with Crippen molar-refractivity contribution in [3.63, 3.8) is 0 Å². The van der Waals surface area contributed by atoms with Crippen molar-refractivity contribution in [2.24, 2.45) is 7.05 Å². The largest absolute Gasteiger partial charge is 0.352 e. The third-order valence-electron chi connectivity index (χ3n) is 3.71. The summed E-state index contributed by atoms with van der Waals surface area (Å²) in [7, 11) is 2.02. The van der Waals surface area contributed by atoms with Gasteiger partial charge in [0.25, 0.3) is 0 Å². The van der Waals surface area contributed by atoms with Gasteiger partial charge in [-0.3, -0.25) is 4.68 Å². The minimum atomic E-state index is 0.900. The number of nitrogens with zero attached hydrogens (tertiary/aromatic N) is 4. The lowest BCUT2D eigenvalue weighted by atomic mass is 10.2. The lowest BCUT2D eigenvalue weighted by molar-refractivity contribution is 0.683. The van der Waals surface area contributed by atoms with E-state index >= 15 is 0 Å². The van der Waals surface area contributed by atoms with Crippen LogP contribution in [0.2, 0.25) is 0 Å². The van der Waals surface area contributed by atoms with Gasteiger partial charge in [0, 0.05) is 42.1 Å². The van der Waals surface area contributed by atoms with Crippen molar-refractivity contribution in [1.29, 1.82) is 0 Å². The number of aromatic nitrogens is 3. The fourth-order valence-electron chi connectivity index (χ4n) is 2.58. The molecule has 0 aromatic carbocycles. The Morgan fingerprint density at radius 2 is 2.16 bits per heavy atom. The summed E-state index contributed by atoms with van der Waals surface area (Å²) in [6, 6.07) is 2.14. The van der Waals surface area contributed by atoms with Gasteiger partial charge in [0.15, 0.2) is 0 Å². The maximum atomic E-state index is 4.54. The van der Waals surface area contributed by atoms with Crippen LogP contribution in [0.3, 0.4) is 0 Å². The highest BCUT2D eigenvalue weighted by atomic mass is 79.9. The maximum Gasteiger partial charge on any atom is 0.129 e. The third-order valence-corrected chi connectivity index (χ3v) is 4.54. The molecule has 0 bridgehead atoms. The number of hydrogen-bond donors (Lipinski definition) is 0. The number of anilines is 1. The zero-order valence-electron chi connectivity index (χ0n) is 11.2. The van der Waals surface area contributed by atoms with E-state index in [4.69, 9.17) is 0 Å². The van der Waals surface area contributed by atoms with Crippen LogP contribution in [-0.4, -0.2) is 21.3 Å². The third kappa shape index (κ3) is 2.39. The van der Waals surface area contributed by atoms with E-state index < -0.39 is 0 Å². The van der Waals surface area contributed by atoms with E-state index in [0.29, 0.717) is 0 Å². The lowest BCUT2D eigenvalue weighted by Gasteiger charge is -2.21. The van der Waals surface area contributed by atoms with Gasteiger partial charge in [-0.05, 0) is 47.3 Å². The molecule has 4 nitrogen and oxygen atoms in total. The molecule has 1 aliphatic rings. The number of rotatable bonds is 1. The molecule has 1 aliphatic heterocycles. The summed E-state index contributed by atoms with van der Waals surface area (Å²) in [5.41, 5.74) is 3.90. The minimum Gasteiger partial charge on any atom is -0.352 e. The van der Waals surface area contributed by atoms with E-state index in [0.717, 1.165) is 36.2 Å². The molecular formula is C14H17BrN4. The first kappa shape index (κ1) is 12.7. The molecule has 2 aromatic heterocycles. The summed E-state index contributed by atoms with van der Waals surface area (Å²) >= 11 is 3.50. The molecule has 0 fully saturated rings. The maximum absolute atomic E-state index is 4.54. The molecule has 0 atom stereocenters. The van der Waals surface area contributed by atoms with E-state index in [1.54, 1.807) is 0 Å². The van der Waals surface area contributed by atoms with Crippen LogP contribution in [0.4, 0.5) is 5.82 Å². The predicted molar refractivity (Wildman–Crippen MR) is 79.3 cm³/mol. The first-order valence-corrected chi connectivity index (χ1v) is 7.31. The number of aryl methyl sites for hydroxylation is 2. The van der Waals surface area contributed by atoms with Crippen LogP contribution in [0.1, 0.15) is 23.2 Å². The van der Waals surface area contributed by atoms with Gasteiger partial charge in [0.1, 0.15) is 5.82 Å². The molecule has 0 radical (unpaired) electrons. The molecule has 0 N–H and O–H groups in total. The predicted octanol–water partition coefficient (Wildman–Crippen LogP) is 2.84. The van der Waals surface area contributed by atoms with Gasteiger partial charge in [0.05, 0.1) is 6.20 Å². The second-order valence-corrected chi connectivity index (χ2v) is 5.91. The van der Waals surface area contributed by atoms with Crippen LogP contribution < -0.4 is 4.90 Å². The Labute approximate surface area is 121 Å². The van der Waals surface area contributed by atoms with Crippen LogP contribution in [-0.2, 0) is 20.0 Å². The average molecular weight is 321 g/mol. The Balaban J connectivity index is 1.91. The molecule has 0 amide bonds. The summed E-state index contributed by atoms with van der Waals surface area (Å²) in [6.07, 6.45) is 6.11. The quantitative estimate of drug-likeness (QED) is 0.810. The van der Waals surface area contributed by atoms with Crippen LogP contribution in [0.25, 0.3) is 0 Å². The van der Waals surface area contributed by atoms with Gasteiger partial charge in [-0.25, -0.2) is 4.98 Å². The summed E-state index contributed by atoms with van der Waals surface area (Å²) in [5.74, 6) is 1.05. The summed E-state index contributed by atoms with van der Waals surface area (Å²) in [5, 5.41) is 4.36. The molecule has 5 heteroatoms. The van der Waals surface area contributed by atoms with Gasteiger partial charge in [-0.2, -0.15) is 5.10 Å². The first-order chi connectivity index (χ1) is 9.15. The highest BCUT2D eigenvalue weighted by molar-refractivity contribution is 9.10. The smallest absolute Gasteiger partial charge is 0.129 e. The highest BCUT2D eigenvalue weighted by Gasteiger charge is 2.18. The van der Waals surface area contributed by atoms with Gasteiger partial charge in [0.2, 0.25) is 0 Å². The van der Waals surface area contributed by atoms with Crippen molar-refractivity contribution < 1.29 is 0 Å². The van der Waals surface area contributed by atoms with Crippen molar-refractivity contribution in [2.75, 3.05) is 11.4 Å². The molecule has 0 aliphatic carbocycles. The molecule has 19 heavy (non-hydrogen) atoms. The monoisotopic (exact) mass is 320 g/mol. The van der Waals surface area contributed by atoms with Crippen LogP contribution >= 0.6 is 15.9 Å². The van der Waals surface area contributed by atoms with E-state index in [1.807, 2.05) is 24.1 Å².